The maximum absolute atomic E-state index is 4.33. The molecule has 0 saturated carbocycles. The van der Waals surface area contributed by atoms with Gasteiger partial charge in [-0.3, -0.25) is 4.99 Å². The van der Waals surface area contributed by atoms with Gasteiger partial charge in [0.25, 0.3) is 0 Å². The summed E-state index contributed by atoms with van der Waals surface area (Å²) in [5, 5.41) is 0. The molecule has 1 aliphatic heterocycles. The zero-order chi connectivity index (χ0) is 10.8. The van der Waals surface area contributed by atoms with Crippen molar-refractivity contribution in [3.63, 3.8) is 0 Å². The number of nitrogens with zero attached hydrogens (tertiary/aromatic N) is 1. The van der Waals surface area contributed by atoms with Gasteiger partial charge in [0.15, 0.2) is 0 Å². The van der Waals surface area contributed by atoms with Crippen LogP contribution >= 0.6 is 0 Å². The van der Waals surface area contributed by atoms with E-state index >= 15 is 0 Å². The standard InChI is InChI=1S/C15H13N/c1-2-5-12(6-3-1)14-8-4-7-13-11-16-10-9-15(13)14/h1-8,11H,9-10H2. The molecule has 16 heavy (non-hydrogen) atoms. The van der Waals surface area contributed by atoms with Crippen LogP contribution in [0.1, 0.15) is 11.1 Å². The lowest BCUT2D eigenvalue weighted by Crippen LogP contribution is -2.04. The molecule has 0 fully saturated rings. The first-order chi connectivity index (χ1) is 7.95. The van der Waals surface area contributed by atoms with Crippen LogP contribution < -0.4 is 0 Å². The third-order valence-electron chi connectivity index (χ3n) is 3.02. The Bertz CT molecular complexity index is 526. The van der Waals surface area contributed by atoms with E-state index in [4.69, 9.17) is 0 Å². The number of aliphatic imine (C=N–C) groups is 1. The van der Waals surface area contributed by atoms with Crippen LogP contribution in [0.15, 0.2) is 53.5 Å². The average Bonchev–Trinajstić information content (AvgIpc) is 2.39. The average molecular weight is 207 g/mol. The highest BCUT2D eigenvalue weighted by Gasteiger charge is 2.10. The molecule has 2 aromatic rings. The van der Waals surface area contributed by atoms with Crippen LogP contribution in [0.25, 0.3) is 11.1 Å². The molecule has 0 amide bonds. The number of rotatable bonds is 1. The van der Waals surface area contributed by atoms with Gasteiger partial charge in [-0.2, -0.15) is 0 Å². The first-order valence-corrected chi connectivity index (χ1v) is 5.62. The number of hydrogen-bond donors (Lipinski definition) is 0. The fraction of sp³-hybridized carbons (Fsp3) is 0.133. The summed E-state index contributed by atoms with van der Waals surface area (Å²) in [4.78, 5) is 4.33. The Kier molecular flexibility index (Phi) is 2.30. The Morgan fingerprint density at radius 3 is 2.62 bits per heavy atom. The Morgan fingerprint density at radius 2 is 1.75 bits per heavy atom. The number of fused-ring (bicyclic) bond motifs is 1. The topological polar surface area (TPSA) is 12.4 Å². The largest absolute Gasteiger partial charge is 0.292 e. The van der Waals surface area contributed by atoms with Crippen LogP contribution in [0.4, 0.5) is 0 Å². The highest BCUT2D eigenvalue weighted by Crippen LogP contribution is 2.27. The summed E-state index contributed by atoms with van der Waals surface area (Å²) in [6, 6.07) is 17.0. The Morgan fingerprint density at radius 1 is 0.875 bits per heavy atom. The summed E-state index contributed by atoms with van der Waals surface area (Å²) in [6.07, 6.45) is 3.04. The van der Waals surface area contributed by atoms with Crippen molar-refractivity contribution in [3.05, 3.63) is 59.7 Å². The monoisotopic (exact) mass is 207 g/mol. The molecule has 1 aliphatic rings. The maximum Gasteiger partial charge on any atom is 0.0430 e. The molecular formula is C15H13N. The van der Waals surface area contributed by atoms with E-state index in [1.54, 1.807) is 0 Å². The predicted octanol–water partition coefficient (Wildman–Crippen LogP) is 3.33. The highest BCUT2D eigenvalue weighted by molar-refractivity contribution is 5.87. The van der Waals surface area contributed by atoms with Crippen molar-refractivity contribution in [2.75, 3.05) is 6.54 Å². The quantitative estimate of drug-likeness (QED) is 0.680. The van der Waals surface area contributed by atoms with Gasteiger partial charge in [0.2, 0.25) is 0 Å². The fourth-order valence-corrected chi connectivity index (χ4v) is 2.23. The van der Waals surface area contributed by atoms with Crippen molar-refractivity contribution in [2.24, 2.45) is 4.99 Å². The van der Waals surface area contributed by atoms with Crippen molar-refractivity contribution in [3.8, 4) is 11.1 Å². The smallest absolute Gasteiger partial charge is 0.0430 e. The van der Waals surface area contributed by atoms with E-state index in [-0.39, 0.29) is 0 Å². The van der Waals surface area contributed by atoms with E-state index in [1.165, 1.54) is 22.3 Å². The van der Waals surface area contributed by atoms with Crippen molar-refractivity contribution >= 4 is 6.21 Å². The van der Waals surface area contributed by atoms with E-state index in [0.29, 0.717) is 0 Å². The lowest BCUT2D eigenvalue weighted by Gasteiger charge is -2.15. The van der Waals surface area contributed by atoms with Gasteiger partial charge in [-0.1, -0.05) is 48.5 Å². The van der Waals surface area contributed by atoms with E-state index in [2.05, 4.69) is 53.5 Å². The zero-order valence-corrected chi connectivity index (χ0v) is 9.06. The maximum atomic E-state index is 4.33. The molecule has 3 rings (SSSR count). The van der Waals surface area contributed by atoms with E-state index in [9.17, 15) is 0 Å². The minimum absolute atomic E-state index is 0.914. The van der Waals surface area contributed by atoms with E-state index in [1.807, 2.05) is 6.21 Å². The molecule has 0 spiro atoms. The number of hydrogen-bond acceptors (Lipinski definition) is 1. The van der Waals surface area contributed by atoms with Gasteiger partial charge < -0.3 is 0 Å². The molecule has 1 nitrogen and oxygen atoms in total. The van der Waals surface area contributed by atoms with Gasteiger partial charge in [0.05, 0.1) is 0 Å². The molecule has 1 heterocycles. The molecule has 2 aromatic carbocycles. The van der Waals surface area contributed by atoms with Gasteiger partial charge in [-0.15, -0.1) is 0 Å². The summed E-state index contributed by atoms with van der Waals surface area (Å²) in [5.74, 6) is 0. The third-order valence-corrected chi connectivity index (χ3v) is 3.02. The van der Waals surface area contributed by atoms with Gasteiger partial charge >= 0.3 is 0 Å². The SMILES string of the molecule is C1=NCCc2c1cccc2-c1ccccc1. The molecule has 0 radical (unpaired) electrons. The first-order valence-electron chi connectivity index (χ1n) is 5.62. The van der Waals surface area contributed by atoms with E-state index < -0.39 is 0 Å². The van der Waals surface area contributed by atoms with E-state index in [0.717, 1.165) is 13.0 Å². The summed E-state index contributed by atoms with van der Waals surface area (Å²) < 4.78 is 0. The molecule has 0 aromatic heterocycles. The van der Waals surface area contributed by atoms with Crippen LogP contribution in [-0.4, -0.2) is 12.8 Å². The zero-order valence-electron chi connectivity index (χ0n) is 9.06. The molecule has 0 N–H and O–H groups in total. The van der Waals surface area contributed by atoms with Crippen molar-refractivity contribution in [1.82, 2.24) is 0 Å². The third kappa shape index (κ3) is 1.54. The van der Waals surface area contributed by atoms with Crippen LogP contribution in [-0.2, 0) is 6.42 Å². The van der Waals surface area contributed by atoms with Crippen LogP contribution in [0, 0.1) is 0 Å². The summed E-state index contributed by atoms with van der Waals surface area (Å²) in [5.41, 5.74) is 5.36. The Hall–Kier alpha value is -1.89. The van der Waals surface area contributed by atoms with Crippen LogP contribution in [0.2, 0.25) is 0 Å². The second-order valence-electron chi connectivity index (χ2n) is 4.02. The second kappa shape index (κ2) is 3.93. The number of benzene rings is 2. The molecule has 1 heteroatoms. The molecule has 0 atom stereocenters. The molecule has 0 saturated heterocycles. The molecule has 0 bridgehead atoms. The van der Waals surface area contributed by atoms with Crippen molar-refractivity contribution in [2.45, 2.75) is 6.42 Å². The highest BCUT2D eigenvalue weighted by atomic mass is 14.7. The minimum atomic E-state index is 0.914. The normalized spacial score (nSPS) is 13.5. The van der Waals surface area contributed by atoms with Crippen molar-refractivity contribution in [1.29, 1.82) is 0 Å². The molecule has 0 aliphatic carbocycles. The molecule has 78 valence electrons. The van der Waals surface area contributed by atoms with Crippen LogP contribution in [0.3, 0.4) is 0 Å². The molecular weight excluding hydrogens is 194 g/mol. The Labute approximate surface area is 95.5 Å². The van der Waals surface area contributed by atoms with Gasteiger partial charge in [0, 0.05) is 12.8 Å². The predicted molar refractivity (Wildman–Crippen MR) is 68.0 cm³/mol. The van der Waals surface area contributed by atoms with Crippen LogP contribution in [0.5, 0.6) is 0 Å². The lowest BCUT2D eigenvalue weighted by atomic mass is 9.92. The van der Waals surface area contributed by atoms with Gasteiger partial charge in [0.1, 0.15) is 0 Å². The van der Waals surface area contributed by atoms with Gasteiger partial charge in [-0.05, 0) is 28.7 Å². The summed E-state index contributed by atoms with van der Waals surface area (Å²) in [7, 11) is 0. The van der Waals surface area contributed by atoms with Crippen molar-refractivity contribution < 1.29 is 0 Å². The minimum Gasteiger partial charge on any atom is -0.292 e. The second-order valence-corrected chi connectivity index (χ2v) is 4.02. The summed E-state index contributed by atoms with van der Waals surface area (Å²) >= 11 is 0. The van der Waals surface area contributed by atoms with Gasteiger partial charge in [-0.25, -0.2) is 0 Å². The molecule has 0 unspecified atom stereocenters. The lowest BCUT2D eigenvalue weighted by molar-refractivity contribution is 0.954. The fourth-order valence-electron chi connectivity index (χ4n) is 2.23. The summed E-state index contributed by atoms with van der Waals surface area (Å²) in [6.45, 7) is 0.914. The first kappa shape index (κ1) is 9.34. The Balaban J connectivity index is 2.19.